The van der Waals surface area contributed by atoms with E-state index in [1.807, 2.05) is 0 Å². The number of rotatable bonds is 2. The molecule has 92 valence electrons. The van der Waals surface area contributed by atoms with Crippen LogP contribution in [0.25, 0.3) is 0 Å². The third kappa shape index (κ3) is 3.59. The molecule has 1 heterocycles. The van der Waals surface area contributed by atoms with Crippen LogP contribution < -0.4 is 0 Å². The molecule has 8 heteroatoms. The van der Waals surface area contributed by atoms with Crippen molar-refractivity contribution in [1.82, 2.24) is 0 Å². The van der Waals surface area contributed by atoms with Gasteiger partial charge in [-0.2, -0.15) is 34.2 Å². The van der Waals surface area contributed by atoms with Gasteiger partial charge in [0.1, 0.15) is 0 Å². The molecule has 0 aliphatic carbocycles. The Balaban J connectivity index is 2.67. The van der Waals surface area contributed by atoms with E-state index in [0.29, 0.717) is 23.0 Å². The first-order chi connectivity index (χ1) is 6.66. The predicted octanol–water partition coefficient (Wildman–Crippen LogP) is 1.93. The van der Waals surface area contributed by atoms with E-state index in [4.69, 9.17) is 20.9 Å². The van der Waals surface area contributed by atoms with E-state index in [9.17, 15) is 13.2 Å². The number of thioether (sulfide) groups is 1. The van der Waals surface area contributed by atoms with E-state index < -0.39 is 27.0 Å². The zero-order valence-corrected chi connectivity index (χ0v) is 10.1. The van der Waals surface area contributed by atoms with Crippen LogP contribution in [-0.2, 0) is 0 Å². The van der Waals surface area contributed by atoms with Gasteiger partial charge >= 0.3 is 6.18 Å². The zero-order valence-electron chi connectivity index (χ0n) is 7.76. The van der Waals surface area contributed by atoms with Gasteiger partial charge in [0, 0.05) is 11.5 Å². The summed E-state index contributed by atoms with van der Waals surface area (Å²) < 4.78 is 36.6. The molecule has 0 saturated carbocycles. The third-order valence-corrected chi connectivity index (χ3v) is 7.65. The van der Waals surface area contributed by atoms with Crippen LogP contribution >= 0.6 is 31.7 Å². The molecule has 2 N–H and O–H groups in total. The molecule has 0 aromatic rings. The second-order valence-corrected chi connectivity index (χ2v) is 9.59. The number of aliphatic hydroxyl groups is 2. The van der Waals surface area contributed by atoms with Crippen LogP contribution in [-0.4, -0.2) is 50.9 Å². The van der Waals surface area contributed by atoms with Gasteiger partial charge < -0.3 is 10.2 Å². The Labute approximate surface area is 96.0 Å². The summed E-state index contributed by atoms with van der Waals surface area (Å²) in [6.07, 6.45) is -5.04. The summed E-state index contributed by atoms with van der Waals surface area (Å²) >= 11 is 1.62. The Morgan fingerprint density at radius 2 is 1.67 bits per heavy atom. The lowest BCUT2D eigenvalue weighted by atomic mass is 10.3. The Morgan fingerprint density at radius 1 is 1.20 bits per heavy atom. The van der Waals surface area contributed by atoms with Crippen LogP contribution in [0.4, 0.5) is 13.2 Å². The highest BCUT2D eigenvalue weighted by Crippen LogP contribution is 2.58. The Kier molecular flexibility index (Phi) is 4.15. The van der Waals surface area contributed by atoms with E-state index >= 15 is 0 Å². The molecule has 0 aromatic heterocycles. The van der Waals surface area contributed by atoms with Gasteiger partial charge in [0.15, 0.2) is 0 Å². The monoisotopic (exact) mass is 284 g/mol. The Bertz CT molecular complexity index is 229. The van der Waals surface area contributed by atoms with E-state index in [1.54, 1.807) is 11.8 Å². The Hall–Kier alpha value is 0.700. The largest absolute Gasteiger partial charge is 0.443 e. The molecule has 15 heavy (non-hydrogen) atoms. The molecule has 2 nitrogen and oxygen atoms in total. The molecule has 0 spiro atoms. The lowest BCUT2D eigenvalue weighted by molar-refractivity contribution is -0.336. The second kappa shape index (κ2) is 4.52. The van der Waals surface area contributed by atoms with Crippen molar-refractivity contribution in [3.05, 3.63) is 0 Å². The zero-order chi connectivity index (χ0) is 11.7. The molecule has 1 rings (SSSR count). The van der Waals surface area contributed by atoms with Crippen LogP contribution in [0.5, 0.6) is 0 Å². The maximum absolute atomic E-state index is 12.2. The predicted molar refractivity (Wildman–Crippen MR) is 58.6 cm³/mol. The minimum Gasteiger partial charge on any atom is -0.358 e. The quantitative estimate of drug-likeness (QED) is 0.762. The highest BCUT2D eigenvalue weighted by Gasteiger charge is 2.55. The minimum atomic E-state index is -5.04. The standard InChI is InChI=1S/C7H12ClF3O2S2/c8-15(3-1-14-2-4-15)5-6(12,13)7(9,10)11/h12-13H,1-5H2. The smallest absolute Gasteiger partial charge is 0.358 e. The third-order valence-electron chi connectivity index (χ3n) is 2.10. The molecule has 0 amide bonds. The van der Waals surface area contributed by atoms with Crippen LogP contribution in [0, 0.1) is 0 Å². The SMILES string of the molecule is OC(O)(CS1(Cl)CCSCC1)C(F)(F)F. The van der Waals surface area contributed by atoms with E-state index in [2.05, 4.69) is 0 Å². The van der Waals surface area contributed by atoms with Gasteiger partial charge in [-0.25, -0.2) is 0 Å². The number of alkyl halides is 3. The maximum Gasteiger partial charge on any atom is 0.443 e. The molecule has 0 bridgehead atoms. The first kappa shape index (κ1) is 13.8. The second-order valence-electron chi connectivity index (χ2n) is 3.42. The molecule has 0 radical (unpaired) electrons. The summed E-state index contributed by atoms with van der Waals surface area (Å²) in [5, 5.41) is 17.9. The number of halogens is 4. The van der Waals surface area contributed by atoms with Gasteiger partial charge in [0.05, 0.1) is 5.75 Å². The summed E-state index contributed by atoms with van der Waals surface area (Å²) in [5.41, 5.74) is 0. The van der Waals surface area contributed by atoms with Crippen molar-refractivity contribution < 1.29 is 23.4 Å². The van der Waals surface area contributed by atoms with Crippen molar-refractivity contribution >= 4 is 31.7 Å². The molecule has 0 aromatic carbocycles. The fourth-order valence-corrected chi connectivity index (χ4v) is 7.71. The lowest BCUT2D eigenvalue weighted by Crippen LogP contribution is -2.49. The van der Waals surface area contributed by atoms with Crippen molar-refractivity contribution in [1.29, 1.82) is 0 Å². The fourth-order valence-electron chi connectivity index (χ4n) is 1.21. The summed E-state index contributed by atoms with van der Waals surface area (Å²) in [4.78, 5) is 0. The molecule has 1 aliphatic heterocycles. The van der Waals surface area contributed by atoms with E-state index in [-0.39, 0.29) is 0 Å². The van der Waals surface area contributed by atoms with Gasteiger partial charge in [-0.3, -0.25) is 0 Å². The normalized spacial score (nSPS) is 24.9. The van der Waals surface area contributed by atoms with Crippen LogP contribution in [0.1, 0.15) is 0 Å². The summed E-state index contributed by atoms with van der Waals surface area (Å²) in [6.45, 7) is 0. The molecule has 1 saturated heterocycles. The van der Waals surface area contributed by atoms with Crippen LogP contribution in [0.2, 0.25) is 0 Å². The first-order valence-corrected chi connectivity index (χ1v) is 8.34. The van der Waals surface area contributed by atoms with Gasteiger partial charge in [0.2, 0.25) is 0 Å². The minimum absolute atomic E-state index is 0.443. The van der Waals surface area contributed by atoms with Crippen LogP contribution in [0.3, 0.4) is 0 Å². The van der Waals surface area contributed by atoms with Crippen molar-refractivity contribution in [2.24, 2.45) is 0 Å². The maximum atomic E-state index is 12.2. The molecule has 0 atom stereocenters. The molecule has 1 aliphatic rings. The van der Waals surface area contributed by atoms with E-state index in [0.717, 1.165) is 0 Å². The van der Waals surface area contributed by atoms with Gasteiger partial charge in [0.25, 0.3) is 5.79 Å². The molecule has 0 unspecified atom stereocenters. The van der Waals surface area contributed by atoms with Crippen molar-refractivity contribution in [3.63, 3.8) is 0 Å². The number of hydrogen-bond donors (Lipinski definition) is 2. The molecular formula is C7H12ClF3O2S2. The average Bonchev–Trinajstić information content (AvgIpc) is 2.00. The molecular weight excluding hydrogens is 273 g/mol. The highest BCUT2D eigenvalue weighted by atomic mass is 35.7. The Morgan fingerprint density at radius 3 is 2.07 bits per heavy atom. The van der Waals surface area contributed by atoms with E-state index in [1.165, 1.54) is 0 Å². The lowest BCUT2D eigenvalue weighted by Gasteiger charge is -2.40. The fraction of sp³-hybridized carbons (Fsp3) is 1.00. The van der Waals surface area contributed by atoms with Crippen molar-refractivity contribution in [2.75, 3.05) is 28.8 Å². The molecule has 1 fully saturated rings. The van der Waals surface area contributed by atoms with Crippen molar-refractivity contribution in [2.45, 2.75) is 12.0 Å². The summed E-state index contributed by atoms with van der Waals surface area (Å²) in [7, 11) is 3.97. The summed E-state index contributed by atoms with van der Waals surface area (Å²) in [6, 6.07) is 0. The number of hydrogen-bond acceptors (Lipinski definition) is 3. The first-order valence-electron chi connectivity index (χ1n) is 4.22. The van der Waals surface area contributed by atoms with Gasteiger partial charge in [-0.15, -0.1) is 0 Å². The van der Waals surface area contributed by atoms with Gasteiger partial charge in [-0.05, 0) is 11.5 Å². The average molecular weight is 285 g/mol. The van der Waals surface area contributed by atoms with Gasteiger partial charge in [-0.1, -0.05) is 10.7 Å². The van der Waals surface area contributed by atoms with Crippen LogP contribution in [0.15, 0.2) is 0 Å². The van der Waals surface area contributed by atoms with Crippen molar-refractivity contribution in [3.8, 4) is 0 Å². The topological polar surface area (TPSA) is 40.5 Å². The summed E-state index contributed by atoms with van der Waals surface area (Å²) in [5.74, 6) is -2.17. The highest BCUT2D eigenvalue weighted by molar-refractivity contribution is 8.51.